The molecule has 2 aromatic carbocycles. The number of rotatable bonds is 6. The summed E-state index contributed by atoms with van der Waals surface area (Å²) in [6, 6.07) is 13.6. The number of carbonyl (C=O) groups is 2. The Labute approximate surface area is 178 Å². The molecule has 158 valence electrons. The van der Waals surface area contributed by atoms with Crippen molar-refractivity contribution in [3.05, 3.63) is 64.7 Å². The van der Waals surface area contributed by atoms with Gasteiger partial charge in [0, 0.05) is 36.2 Å². The SMILES string of the molecule is Cc1ccc(C(=O)N2CCC[C@@H](COc3cccc(C(=O)NC4CC4)c3)C2)cc1C. The largest absolute Gasteiger partial charge is 0.493 e. The van der Waals surface area contributed by atoms with E-state index in [0.29, 0.717) is 30.5 Å². The van der Waals surface area contributed by atoms with Crippen LogP contribution >= 0.6 is 0 Å². The second kappa shape index (κ2) is 8.90. The number of nitrogens with one attached hydrogen (secondary N) is 1. The van der Waals surface area contributed by atoms with Gasteiger partial charge in [0.1, 0.15) is 5.75 Å². The normalized spacial score (nSPS) is 18.7. The molecule has 1 saturated carbocycles. The molecule has 1 atom stereocenters. The fraction of sp³-hybridized carbons (Fsp3) is 0.440. The van der Waals surface area contributed by atoms with Gasteiger partial charge in [0.15, 0.2) is 0 Å². The summed E-state index contributed by atoms with van der Waals surface area (Å²) >= 11 is 0. The first-order chi connectivity index (χ1) is 14.5. The minimum atomic E-state index is -0.0363. The van der Waals surface area contributed by atoms with E-state index >= 15 is 0 Å². The average Bonchev–Trinajstić information content (AvgIpc) is 3.58. The highest BCUT2D eigenvalue weighted by Gasteiger charge is 2.26. The van der Waals surface area contributed by atoms with Crippen molar-refractivity contribution < 1.29 is 14.3 Å². The van der Waals surface area contributed by atoms with Crippen LogP contribution in [0.1, 0.15) is 57.5 Å². The lowest BCUT2D eigenvalue weighted by atomic mass is 9.97. The van der Waals surface area contributed by atoms with Gasteiger partial charge in [-0.2, -0.15) is 0 Å². The van der Waals surface area contributed by atoms with Crippen molar-refractivity contribution in [2.45, 2.75) is 45.6 Å². The van der Waals surface area contributed by atoms with Gasteiger partial charge < -0.3 is 15.0 Å². The van der Waals surface area contributed by atoms with Gasteiger partial charge >= 0.3 is 0 Å². The van der Waals surface area contributed by atoms with E-state index in [2.05, 4.69) is 12.2 Å². The van der Waals surface area contributed by atoms with Crippen molar-refractivity contribution in [2.75, 3.05) is 19.7 Å². The van der Waals surface area contributed by atoms with Crippen LogP contribution in [0.5, 0.6) is 5.75 Å². The molecule has 2 amide bonds. The van der Waals surface area contributed by atoms with E-state index in [0.717, 1.165) is 43.4 Å². The standard InChI is InChI=1S/C25H30N2O3/c1-17-8-9-21(13-18(17)2)25(29)27-12-4-5-19(15-27)16-30-23-7-3-6-20(14-23)24(28)26-22-10-11-22/h3,6-9,13-14,19,22H,4-5,10-12,15-16H2,1-2H3,(H,26,28)/t19-/m1/s1. The molecule has 0 aromatic heterocycles. The van der Waals surface area contributed by atoms with Crippen LogP contribution in [0.15, 0.2) is 42.5 Å². The zero-order valence-corrected chi connectivity index (χ0v) is 17.8. The molecule has 0 spiro atoms. The Morgan fingerprint density at radius 2 is 1.87 bits per heavy atom. The third-order valence-corrected chi connectivity index (χ3v) is 6.05. The minimum Gasteiger partial charge on any atom is -0.493 e. The Bertz CT molecular complexity index is 936. The van der Waals surface area contributed by atoms with Gasteiger partial charge in [-0.05, 0) is 81.0 Å². The molecular formula is C25H30N2O3. The smallest absolute Gasteiger partial charge is 0.253 e. The lowest BCUT2D eigenvalue weighted by Gasteiger charge is -2.33. The second-order valence-corrected chi connectivity index (χ2v) is 8.65. The quantitative estimate of drug-likeness (QED) is 0.785. The summed E-state index contributed by atoms with van der Waals surface area (Å²) in [5, 5.41) is 3.01. The van der Waals surface area contributed by atoms with Gasteiger partial charge in [0.25, 0.3) is 11.8 Å². The van der Waals surface area contributed by atoms with Crippen molar-refractivity contribution in [3.63, 3.8) is 0 Å². The van der Waals surface area contributed by atoms with E-state index in [1.165, 1.54) is 5.56 Å². The highest BCUT2D eigenvalue weighted by molar-refractivity contribution is 5.95. The van der Waals surface area contributed by atoms with Crippen LogP contribution in [0, 0.1) is 19.8 Å². The van der Waals surface area contributed by atoms with Crippen LogP contribution in [0.2, 0.25) is 0 Å². The predicted molar refractivity (Wildman–Crippen MR) is 117 cm³/mol. The molecule has 5 nitrogen and oxygen atoms in total. The van der Waals surface area contributed by atoms with Crippen LogP contribution in [0.3, 0.4) is 0 Å². The fourth-order valence-corrected chi connectivity index (χ4v) is 3.88. The molecule has 1 aliphatic carbocycles. The number of aryl methyl sites for hydroxylation is 2. The van der Waals surface area contributed by atoms with Crippen molar-refractivity contribution in [1.82, 2.24) is 10.2 Å². The number of ether oxygens (including phenoxy) is 1. The van der Waals surface area contributed by atoms with Crippen molar-refractivity contribution >= 4 is 11.8 Å². The topological polar surface area (TPSA) is 58.6 Å². The minimum absolute atomic E-state index is 0.0363. The molecule has 2 fully saturated rings. The Morgan fingerprint density at radius 1 is 1.03 bits per heavy atom. The van der Waals surface area contributed by atoms with E-state index in [-0.39, 0.29) is 17.7 Å². The third-order valence-electron chi connectivity index (χ3n) is 6.05. The van der Waals surface area contributed by atoms with Crippen LogP contribution in [-0.4, -0.2) is 42.5 Å². The molecule has 0 radical (unpaired) electrons. The Morgan fingerprint density at radius 3 is 2.63 bits per heavy atom. The van der Waals surface area contributed by atoms with Crippen LogP contribution in [-0.2, 0) is 0 Å². The summed E-state index contributed by atoms with van der Waals surface area (Å²) in [5.74, 6) is 1.06. The monoisotopic (exact) mass is 406 g/mol. The van der Waals surface area contributed by atoms with Gasteiger partial charge in [-0.1, -0.05) is 12.1 Å². The second-order valence-electron chi connectivity index (χ2n) is 8.65. The summed E-state index contributed by atoms with van der Waals surface area (Å²) in [6.45, 7) is 6.14. The number of hydrogen-bond donors (Lipinski definition) is 1. The zero-order chi connectivity index (χ0) is 21.1. The Kier molecular flexibility index (Phi) is 6.07. The molecule has 2 aliphatic rings. The number of hydrogen-bond acceptors (Lipinski definition) is 3. The molecule has 1 heterocycles. The van der Waals surface area contributed by atoms with E-state index in [1.54, 1.807) is 6.07 Å². The summed E-state index contributed by atoms with van der Waals surface area (Å²) in [5.41, 5.74) is 3.73. The van der Waals surface area contributed by atoms with Crippen molar-refractivity contribution in [3.8, 4) is 5.75 Å². The van der Waals surface area contributed by atoms with E-state index in [9.17, 15) is 9.59 Å². The van der Waals surface area contributed by atoms with Crippen molar-refractivity contribution in [2.24, 2.45) is 5.92 Å². The number of benzene rings is 2. The third kappa shape index (κ3) is 5.02. The van der Waals surface area contributed by atoms with E-state index < -0.39 is 0 Å². The van der Waals surface area contributed by atoms with E-state index in [1.807, 2.05) is 48.2 Å². The molecule has 0 bridgehead atoms. The van der Waals surface area contributed by atoms with Gasteiger partial charge in [0.2, 0.25) is 0 Å². The van der Waals surface area contributed by atoms with Crippen LogP contribution < -0.4 is 10.1 Å². The molecule has 2 aromatic rings. The predicted octanol–water partition coefficient (Wildman–Crippen LogP) is 4.13. The number of likely N-dealkylation sites (tertiary alicyclic amines) is 1. The van der Waals surface area contributed by atoms with Crippen molar-refractivity contribution in [1.29, 1.82) is 0 Å². The highest BCUT2D eigenvalue weighted by Crippen LogP contribution is 2.23. The van der Waals surface area contributed by atoms with Crippen LogP contribution in [0.4, 0.5) is 0 Å². The van der Waals surface area contributed by atoms with Gasteiger partial charge in [-0.15, -0.1) is 0 Å². The maximum Gasteiger partial charge on any atom is 0.253 e. The summed E-state index contributed by atoms with van der Waals surface area (Å²) < 4.78 is 6.01. The first-order valence-corrected chi connectivity index (χ1v) is 10.9. The molecule has 1 aliphatic heterocycles. The summed E-state index contributed by atoms with van der Waals surface area (Å²) in [6.07, 6.45) is 4.16. The van der Waals surface area contributed by atoms with Gasteiger partial charge in [-0.3, -0.25) is 9.59 Å². The number of nitrogens with zero attached hydrogens (tertiary/aromatic N) is 1. The first kappa shape index (κ1) is 20.5. The summed E-state index contributed by atoms with van der Waals surface area (Å²) in [7, 11) is 0. The van der Waals surface area contributed by atoms with E-state index in [4.69, 9.17) is 4.74 Å². The molecule has 1 saturated heterocycles. The van der Waals surface area contributed by atoms with Gasteiger partial charge in [-0.25, -0.2) is 0 Å². The number of amides is 2. The molecule has 4 rings (SSSR count). The maximum atomic E-state index is 12.9. The number of carbonyl (C=O) groups excluding carboxylic acids is 2. The Balaban J connectivity index is 1.33. The molecule has 1 N–H and O–H groups in total. The lowest BCUT2D eigenvalue weighted by Crippen LogP contribution is -2.41. The average molecular weight is 407 g/mol. The summed E-state index contributed by atoms with van der Waals surface area (Å²) in [4.78, 5) is 27.1. The molecule has 0 unspecified atom stereocenters. The lowest BCUT2D eigenvalue weighted by molar-refractivity contribution is 0.0633. The maximum absolute atomic E-state index is 12.9. The highest BCUT2D eigenvalue weighted by atomic mass is 16.5. The number of piperidine rings is 1. The first-order valence-electron chi connectivity index (χ1n) is 10.9. The zero-order valence-electron chi connectivity index (χ0n) is 17.8. The van der Waals surface area contributed by atoms with Gasteiger partial charge in [0.05, 0.1) is 6.61 Å². The molecular weight excluding hydrogens is 376 g/mol. The fourth-order valence-electron chi connectivity index (χ4n) is 3.88. The Hall–Kier alpha value is -2.82. The molecule has 5 heteroatoms. The molecule has 30 heavy (non-hydrogen) atoms. The van der Waals surface area contributed by atoms with Crippen LogP contribution in [0.25, 0.3) is 0 Å².